The molecule has 0 radical (unpaired) electrons. The summed E-state index contributed by atoms with van der Waals surface area (Å²) in [6.45, 7) is 0.0637. The summed E-state index contributed by atoms with van der Waals surface area (Å²) >= 11 is 0. The van der Waals surface area contributed by atoms with Gasteiger partial charge in [0.25, 0.3) is 0 Å². The van der Waals surface area contributed by atoms with Crippen LogP contribution in [-0.4, -0.2) is 19.8 Å². The van der Waals surface area contributed by atoms with Crippen LogP contribution in [0.3, 0.4) is 0 Å². The summed E-state index contributed by atoms with van der Waals surface area (Å²) in [5, 5.41) is 2.58. The SMILES string of the molecule is CNCC(C1CC1)C(F)(F)F. The van der Waals surface area contributed by atoms with Crippen LogP contribution in [0.4, 0.5) is 13.2 Å². The van der Waals surface area contributed by atoms with Crippen LogP contribution >= 0.6 is 0 Å². The molecule has 1 fully saturated rings. The molecule has 66 valence electrons. The van der Waals surface area contributed by atoms with E-state index in [-0.39, 0.29) is 12.5 Å². The van der Waals surface area contributed by atoms with Gasteiger partial charge in [-0.05, 0) is 25.8 Å². The molecule has 1 nitrogen and oxygen atoms in total. The Morgan fingerprint density at radius 1 is 1.45 bits per heavy atom. The molecule has 4 heteroatoms. The molecule has 1 saturated carbocycles. The van der Waals surface area contributed by atoms with Gasteiger partial charge in [-0.15, -0.1) is 0 Å². The summed E-state index contributed by atoms with van der Waals surface area (Å²) in [5.41, 5.74) is 0. The first-order chi connectivity index (χ1) is 5.05. The average molecular weight is 167 g/mol. The minimum Gasteiger partial charge on any atom is -0.319 e. The van der Waals surface area contributed by atoms with Gasteiger partial charge in [0.05, 0.1) is 5.92 Å². The molecule has 1 rings (SSSR count). The van der Waals surface area contributed by atoms with Gasteiger partial charge in [0.15, 0.2) is 0 Å². The summed E-state index contributed by atoms with van der Waals surface area (Å²) in [4.78, 5) is 0. The zero-order chi connectivity index (χ0) is 8.48. The van der Waals surface area contributed by atoms with Crippen LogP contribution in [0.25, 0.3) is 0 Å². The third kappa shape index (κ3) is 2.36. The highest BCUT2D eigenvalue weighted by Crippen LogP contribution is 2.44. The number of rotatable bonds is 3. The molecule has 1 aliphatic rings. The third-order valence-corrected chi connectivity index (χ3v) is 2.04. The Bertz CT molecular complexity index is 128. The van der Waals surface area contributed by atoms with E-state index in [0.29, 0.717) is 0 Å². The van der Waals surface area contributed by atoms with E-state index in [0.717, 1.165) is 12.8 Å². The zero-order valence-corrected chi connectivity index (χ0v) is 6.41. The molecule has 0 heterocycles. The summed E-state index contributed by atoms with van der Waals surface area (Å²) < 4.78 is 36.5. The predicted octanol–water partition coefficient (Wildman–Crippen LogP) is 1.79. The van der Waals surface area contributed by atoms with Crippen molar-refractivity contribution >= 4 is 0 Å². The monoisotopic (exact) mass is 167 g/mol. The summed E-state index contributed by atoms with van der Waals surface area (Å²) in [6, 6.07) is 0. The van der Waals surface area contributed by atoms with Crippen molar-refractivity contribution in [1.29, 1.82) is 0 Å². The first-order valence-electron chi connectivity index (χ1n) is 3.77. The van der Waals surface area contributed by atoms with Crippen molar-refractivity contribution in [3.63, 3.8) is 0 Å². The average Bonchev–Trinajstić information content (AvgIpc) is 2.61. The lowest BCUT2D eigenvalue weighted by Gasteiger charge is -2.18. The number of hydrogen-bond acceptors (Lipinski definition) is 1. The molecule has 0 bridgehead atoms. The summed E-state index contributed by atoms with van der Waals surface area (Å²) in [7, 11) is 1.56. The minimum absolute atomic E-state index is 0.0637. The Labute approximate surface area is 64.0 Å². The van der Waals surface area contributed by atoms with E-state index in [1.807, 2.05) is 0 Å². The third-order valence-electron chi connectivity index (χ3n) is 2.04. The fraction of sp³-hybridized carbons (Fsp3) is 1.00. The van der Waals surface area contributed by atoms with Crippen LogP contribution < -0.4 is 5.32 Å². The topological polar surface area (TPSA) is 12.0 Å². The quantitative estimate of drug-likeness (QED) is 0.675. The van der Waals surface area contributed by atoms with Gasteiger partial charge in [0, 0.05) is 6.54 Å². The van der Waals surface area contributed by atoms with Crippen LogP contribution in [0, 0.1) is 11.8 Å². The van der Waals surface area contributed by atoms with Gasteiger partial charge in [-0.25, -0.2) is 0 Å². The summed E-state index contributed by atoms with van der Waals surface area (Å²) in [5.74, 6) is -1.23. The lowest BCUT2D eigenvalue weighted by Crippen LogP contribution is -2.33. The first kappa shape index (κ1) is 8.84. The molecule has 11 heavy (non-hydrogen) atoms. The number of halogens is 3. The van der Waals surface area contributed by atoms with Crippen LogP contribution in [0.15, 0.2) is 0 Å². The normalized spacial score (nSPS) is 21.8. The smallest absolute Gasteiger partial charge is 0.319 e. The van der Waals surface area contributed by atoms with E-state index >= 15 is 0 Å². The van der Waals surface area contributed by atoms with Crippen LogP contribution in [0.1, 0.15) is 12.8 Å². The van der Waals surface area contributed by atoms with Gasteiger partial charge >= 0.3 is 6.18 Å². The van der Waals surface area contributed by atoms with Gasteiger partial charge in [0.1, 0.15) is 0 Å². The van der Waals surface area contributed by atoms with Crippen molar-refractivity contribution in [2.75, 3.05) is 13.6 Å². The van der Waals surface area contributed by atoms with Crippen molar-refractivity contribution in [1.82, 2.24) is 5.32 Å². The minimum atomic E-state index is -4.01. The lowest BCUT2D eigenvalue weighted by molar-refractivity contribution is -0.178. The van der Waals surface area contributed by atoms with Gasteiger partial charge in [-0.1, -0.05) is 0 Å². The van der Waals surface area contributed by atoms with E-state index in [2.05, 4.69) is 5.32 Å². The molecule has 0 amide bonds. The fourth-order valence-corrected chi connectivity index (χ4v) is 1.27. The van der Waals surface area contributed by atoms with Crippen molar-refractivity contribution < 1.29 is 13.2 Å². The van der Waals surface area contributed by atoms with E-state index in [9.17, 15) is 13.2 Å². The molecule has 1 atom stereocenters. The number of hydrogen-bond donors (Lipinski definition) is 1. The Hall–Kier alpha value is -0.250. The van der Waals surface area contributed by atoms with Gasteiger partial charge < -0.3 is 5.32 Å². The summed E-state index contributed by atoms with van der Waals surface area (Å²) in [6.07, 6.45) is -2.53. The Morgan fingerprint density at radius 3 is 2.27 bits per heavy atom. The first-order valence-corrected chi connectivity index (χ1v) is 3.77. The second-order valence-electron chi connectivity index (χ2n) is 3.04. The Morgan fingerprint density at radius 2 is 2.00 bits per heavy atom. The van der Waals surface area contributed by atoms with Gasteiger partial charge in [0.2, 0.25) is 0 Å². The molecular weight excluding hydrogens is 155 g/mol. The standard InChI is InChI=1S/C7H12F3N/c1-11-4-6(5-2-3-5)7(8,9)10/h5-6,11H,2-4H2,1H3. The number of alkyl halides is 3. The molecule has 0 aromatic rings. The Balaban J connectivity index is 2.44. The predicted molar refractivity (Wildman–Crippen MR) is 36.2 cm³/mol. The van der Waals surface area contributed by atoms with Crippen molar-refractivity contribution in [2.45, 2.75) is 19.0 Å². The van der Waals surface area contributed by atoms with Crippen LogP contribution in [-0.2, 0) is 0 Å². The largest absolute Gasteiger partial charge is 0.393 e. The molecule has 1 unspecified atom stereocenters. The maximum Gasteiger partial charge on any atom is 0.393 e. The fourth-order valence-electron chi connectivity index (χ4n) is 1.27. The molecule has 0 spiro atoms. The van der Waals surface area contributed by atoms with Crippen LogP contribution in [0.5, 0.6) is 0 Å². The molecule has 0 aliphatic heterocycles. The van der Waals surface area contributed by atoms with Crippen LogP contribution in [0.2, 0.25) is 0 Å². The zero-order valence-electron chi connectivity index (χ0n) is 6.41. The van der Waals surface area contributed by atoms with E-state index in [4.69, 9.17) is 0 Å². The van der Waals surface area contributed by atoms with Crippen molar-refractivity contribution in [3.05, 3.63) is 0 Å². The molecule has 0 aromatic heterocycles. The second kappa shape index (κ2) is 3.01. The maximum atomic E-state index is 12.2. The highest BCUT2D eigenvalue weighted by atomic mass is 19.4. The molecule has 0 aromatic carbocycles. The highest BCUT2D eigenvalue weighted by Gasteiger charge is 2.47. The molecule has 0 saturated heterocycles. The molecule has 1 N–H and O–H groups in total. The van der Waals surface area contributed by atoms with E-state index in [1.54, 1.807) is 7.05 Å². The lowest BCUT2D eigenvalue weighted by atomic mass is 10.0. The maximum absolute atomic E-state index is 12.2. The highest BCUT2D eigenvalue weighted by molar-refractivity contribution is 4.86. The second-order valence-corrected chi connectivity index (χ2v) is 3.04. The van der Waals surface area contributed by atoms with Crippen molar-refractivity contribution in [2.24, 2.45) is 11.8 Å². The van der Waals surface area contributed by atoms with E-state index in [1.165, 1.54) is 0 Å². The molecular formula is C7H12F3N. The van der Waals surface area contributed by atoms with E-state index < -0.39 is 12.1 Å². The number of nitrogens with one attached hydrogen (secondary N) is 1. The van der Waals surface area contributed by atoms with Crippen molar-refractivity contribution in [3.8, 4) is 0 Å². The van der Waals surface area contributed by atoms with Gasteiger partial charge in [-0.3, -0.25) is 0 Å². The Kier molecular flexibility index (Phi) is 2.42. The molecule has 1 aliphatic carbocycles. The van der Waals surface area contributed by atoms with Gasteiger partial charge in [-0.2, -0.15) is 13.2 Å².